The van der Waals surface area contributed by atoms with E-state index in [1.54, 1.807) is 0 Å². The molecular formula is C8H14O3S. The highest BCUT2D eigenvalue weighted by molar-refractivity contribution is 7.85. The molecule has 3 nitrogen and oxygen atoms in total. The quantitative estimate of drug-likeness (QED) is 0.723. The van der Waals surface area contributed by atoms with Gasteiger partial charge in [-0.05, 0) is 12.8 Å². The molecule has 1 saturated carbocycles. The molecule has 0 aromatic heterocycles. The standard InChI is InChI=1S/C8H14O3S/c9-8(10)5-6-12(11)7-3-1-2-4-7/h7H,1-6H2,(H,9,10). The van der Waals surface area contributed by atoms with E-state index in [1.165, 1.54) is 0 Å². The first-order chi connectivity index (χ1) is 5.70. The summed E-state index contributed by atoms with van der Waals surface area (Å²) in [5.74, 6) is -0.513. The van der Waals surface area contributed by atoms with Crippen LogP contribution in [-0.4, -0.2) is 26.3 Å². The third kappa shape index (κ3) is 2.93. The van der Waals surface area contributed by atoms with Gasteiger partial charge in [-0.25, -0.2) is 0 Å². The molecule has 1 fully saturated rings. The van der Waals surface area contributed by atoms with E-state index >= 15 is 0 Å². The maximum absolute atomic E-state index is 11.4. The summed E-state index contributed by atoms with van der Waals surface area (Å²) in [6, 6.07) is 0. The number of rotatable bonds is 4. The molecule has 4 heteroatoms. The number of carboxylic acids is 1. The fraction of sp³-hybridized carbons (Fsp3) is 0.875. The van der Waals surface area contributed by atoms with E-state index < -0.39 is 16.8 Å². The van der Waals surface area contributed by atoms with Crippen molar-refractivity contribution in [3.8, 4) is 0 Å². The summed E-state index contributed by atoms with van der Waals surface area (Å²) < 4.78 is 11.4. The van der Waals surface area contributed by atoms with Gasteiger partial charge in [0, 0.05) is 21.8 Å². The second-order valence-electron chi connectivity index (χ2n) is 3.14. The Kier molecular flexibility index (Phi) is 3.72. The van der Waals surface area contributed by atoms with Gasteiger partial charge in [-0.2, -0.15) is 0 Å². The van der Waals surface area contributed by atoms with Crippen LogP contribution in [0.3, 0.4) is 0 Å². The van der Waals surface area contributed by atoms with Gasteiger partial charge in [0.25, 0.3) is 0 Å². The molecule has 70 valence electrons. The second-order valence-corrected chi connectivity index (χ2v) is 4.97. The van der Waals surface area contributed by atoms with Crippen molar-refractivity contribution in [2.75, 3.05) is 5.75 Å². The van der Waals surface area contributed by atoms with Gasteiger partial charge in [-0.15, -0.1) is 0 Å². The molecule has 0 amide bonds. The first kappa shape index (κ1) is 9.71. The lowest BCUT2D eigenvalue weighted by molar-refractivity contribution is -0.136. The molecule has 1 aliphatic rings. The smallest absolute Gasteiger partial charge is 0.304 e. The van der Waals surface area contributed by atoms with Crippen LogP contribution in [0.2, 0.25) is 0 Å². The maximum Gasteiger partial charge on any atom is 0.304 e. The predicted octanol–water partition coefficient (Wildman–Crippen LogP) is 1.15. The number of aliphatic carboxylic acids is 1. The highest BCUT2D eigenvalue weighted by atomic mass is 32.2. The highest BCUT2D eigenvalue weighted by Crippen LogP contribution is 2.23. The normalized spacial score (nSPS) is 21.0. The Morgan fingerprint density at radius 2 is 2.00 bits per heavy atom. The third-order valence-electron chi connectivity index (χ3n) is 2.19. The van der Waals surface area contributed by atoms with Crippen LogP contribution < -0.4 is 0 Å². The van der Waals surface area contributed by atoms with Crippen LogP contribution in [0.15, 0.2) is 0 Å². The lowest BCUT2D eigenvalue weighted by Crippen LogP contribution is -2.15. The van der Waals surface area contributed by atoms with Gasteiger partial charge >= 0.3 is 5.97 Å². The molecule has 0 spiro atoms. The first-order valence-electron chi connectivity index (χ1n) is 4.29. The van der Waals surface area contributed by atoms with Gasteiger partial charge < -0.3 is 5.11 Å². The minimum atomic E-state index is -0.897. The summed E-state index contributed by atoms with van der Waals surface area (Å²) >= 11 is 0. The zero-order chi connectivity index (χ0) is 8.97. The van der Waals surface area contributed by atoms with E-state index in [9.17, 15) is 9.00 Å². The largest absolute Gasteiger partial charge is 0.481 e. The van der Waals surface area contributed by atoms with E-state index in [0.717, 1.165) is 25.7 Å². The predicted molar refractivity (Wildman–Crippen MR) is 47.5 cm³/mol. The van der Waals surface area contributed by atoms with E-state index in [2.05, 4.69) is 0 Å². The summed E-state index contributed by atoms with van der Waals surface area (Å²) in [6.45, 7) is 0. The van der Waals surface area contributed by atoms with Crippen molar-refractivity contribution >= 4 is 16.8 Å². The summed E-state index contributed by atoms with van der Waals surface area (Å²) in [4.78, 5) is 10.2. The average molecular weight is 190 g/mol. The van der Waals surface area contributed by atoms with Crippen LogP contribution >= 0.6 is 0 Å². The molecule has 1 aliphatic carbocycles. The molecule has 1 N–H and O–H groups in total. The van der Waals surface area contributed by atoms with Gasteiger partial charge in [0.2, 0.25) is 0 Å². The van der Waals surface area contributed by atoms with Crippen molar-refractivity contribution in [3.63, 3.8) is 0 Å². The molecule has 0 radical (unpaired) electrons. The molecule has 0 heterocycles. The van der Waals surface area contributed by atoms with Crippen LogP contribution in [0.5, 0.6) is 0 Å². The lowest BCUT2D eigenvalue weighted by atomic mass is 10.4. The van der Waals surface area contributed by atoms with Crippen molar-refractivity contribution < 1.29 is 14.1 Å². The van der Waals surface area contributed by atoms with Crippen LogP contribution in [0.1, 0.15) is 32.1 Å². The molecule has 1 atom stereocenters. The monoisotopic (exact) mass is 190 g/mol. The molecule has 12 heavy (non-hydrogen) atoms. The molecule has 0 aromatic carbocycles. The Morgan fingerprint density at radius 1 is 1.42 bits per heavy atom. The number of hydrogen-bond donors (Lipinski definition) is 1. The fourth-order valence-electron chi connectivity index (χ4n) is 1.51. The van der Waals surface area contributed by atoms with Crippen LogP contribution in [0.25, 0.3) is 0 Å². The summed E-state index contributed by atoms with van der Waals surface area (Å²) in [5.41, 5.74) is 0. The van der Waals surface area contributed by atoms with Crippen molar-refractivity contribution in [3.05, 3.63) is 0 Å². The van der Waals surface area contributed by atoms with E-state index in [0.29, 0.717) is 5.75 Å². The van der Waals surface area contributed by atoms with Gasteiger partial charge in [0.05, 0.1) is 6.42 Å². The SMILES string of the molecule is O=C(O)CCS(=O)C1CCCC1. The average Bonchev–Trinajstić information content (AvgIpc) is 2.51. The topological polar surface area (TPSA) is 54.4 Å². The van der Waals surface area contributed by atoms with Crippen molar-refractivity contribution in [2.24, 2.45) is 0 Å². The lowest BCUT2D eigenvalue weighted by Gasteiger charge is -2.06. The minimum Gasteiger partial charge on any atom is -0.481 e. The van der Waals surface area contributed by atoms with E-state index in [-0.39, 0.29) is 11.7 Å². The second kappa shape index (κ2) is 4.60. The van der Waals surface area contributed by atoms with Crippen LogP contribution in [-0.2, 0) is 15.6 Å². The Labute approximate surface area is 74.6 Å². The third-order valence-corrected chi connectivity index (χ3v) is 4.01. The minimum absolute atomic E-state index is 0.0448. The molecular weight excluding hydrogens is 176 g/mol. The molecule has 0 bridgehead atoms. The van der Waals surface area contributed by atoms with Crippen molar-refractivity contribution in [1.82, 2.24) is 0 Å². The Morgan fingerprint density at radius 3 is 2.50 bits per heavy atom. The maximum atomic E-state index is 11.4. The Bertz CT molecular complexity index is 185. The van der Waals surface area contributed by atoms with Gasteiger partial charge in [-0.3, -0.25) is 9.00 Å². The molecule has 0 aliphatic heterocycles. The molecule has 0 aromatic rings. The Balaban J connectivity index is 2.23. The van der Waals surface area contributed by atoms with Gasteiger partial charge in [0.1, 0.15) is 0 Å². The van der Waals surface area contributed by atoms with Crippen LogP contribution in [0, 0.1) is 0 Å². The highest BCUT2D eigenvalue weighted by Gasteiger charge is 2.21. The van der Waals surface area contributed by atoms with Crippen molar-refractivity contribution in [1.29, 1.82) is 0 Å². The van der Waals surface area contributed by atoms with Gasteiger partial charge in [0.15, 0.2) is 0 Å². The summed E-state index contributed by atoms with van der Waals surface area (Å²) in [5, 5.41) is 8.65. The summed E-state index contributed by atoms with van der Waals surface area (Å²) in [7, 11) is -0.897. The first-order valence-corrected chi connectivity index (χ1v) is 5.67. The fourth-order valence-corrected chi connectivity index (χ4v) is 3.07. The zero-order valence-electron chi connectivity index (χ0n) is 6.99. The van der Waals surface area contributed by atoms with E-state index in [4.69, 9.17) is 5.11 Å². The molecule has 1 unspecified atom stereocenters. The molecule has 1 rings (SSSR count). The Hall–Kier alpha value is -0.380. The number of hydrogen-bond acceptors (Lipinski definition) is 2. The number of carboxylic acid groups (broad SMARTS) is 1. The van der Waals surface area contributed by atoms with Crippen LogP contribution in [0.4, 0.5) is 0 Å². The van der Waals surface area contributed by atoms with E-state index in [1.807, 2.05) is 0 Å². The summed E-state index contributed by atoms with van der Waals surface area (Å²) in [6.07, 6.45) is 4.40. The number of carbonyl (C=O) groups is 1. The zero-order valence-corrected chi connectivity index (χ0v) is 7.81. The van der Waals surface area contributed by atoms with Crippen molar-refractivity contribution in [2.45, 2.75) is 37.4 Å². The van der Waals surface area contributed by atoms with Gasteiger partial charge in [-0.1, -0.05) is 12.8 Å². The molecule has 0 saturated heterocycles.